The van der Waals surface area contributed by atoms with Crippen molar-refractivity contribution < 1.29 is 4.79 Å². The Bertz CT molecular complexity index is 458. The van der Waals surface area contributed by atoms with Crippen LogP contribution in [0.5, 0.6) is 0 Å². The number of carbonyl (C=O) groups excluding carboxylic acids is 1. The van der Waals surface area contributed by atoms with Crippen molar-refractivity contribution in [2.45, 2.75) is 13.8 Å². The normalized spacial score (nSPS) is 17.8. The van der Waals surface area contributed by atoms with Gasteiger partial charge in [0, 0.05) is 5.92 Å². The van der Waals surface area contributed by atoms with E-state index in [9.17, 15) is 4.79 Å². The maximum absolute atomic E-state index is 11.6. The van der Waals surface area contributed by atoms with Gasteiger partial charge in [-0.05, 0) is 11.6 Å². The van der Waals surface area contributed by atoms with Crippen LogP contribution in [-0.2, 0) is 4.79 Å². The molecule has 3 nitrogen and oxygen atoms in total. The van der Waals surface area contributed by atoms with Crippen LogP contribution in [0.3, 0.4) is 0 Å². The Labute approximate surface area is 94.9 Å². The summed E-state index contributed by atoms with van der Waals surface area (Å²) in [5.74, 6) is 0.866. The maximum Gasteiger partial charge on any atom is 0.275 e. The molecule has 0 spiro atoms. The van der Waals surface area contributed by atoms with Gasteiger partial charge >= 0.3 is 0 Å². The number of amides is 1. The summed E-state index contributed by atoms with van der Waals surface area (Å²) in [6.45, 7) is 4.01. The summed E-state index contributed by atoms with van der Waals surface area (Å²) in [7, 11) is 0. The lowest BCUT2D eigenvalue weighted by molar-refractivity contribution is -0.115. The fourth-order valence-electron chi connectivity index (χ4n) is 1.47. The van der Waals surface area contributed by atoms with E-state index >= 15 is 0 Å². The summed E-state index contributed by atoms with van der Waals surface area (Å²) in [4.78, 5) is 15.9. The number of nitrogens with one attached hydrogen (secondary N) is 1. The Balaban J connectivity index is 2.29. The van der Waals surface area contributed by atoms with Crippen LogP contribution in [0.15, 0.2) is 41.0 Å². The van der Waals surface area contributed by atoms with Crippen molar-refractivity contribution in [2.75, 3.05) is 0 Å². The zero-order valence-electron chi connectivity index (χ0n) is 9.40. The first-order valence-electron chi connectivity index (χ1n) is 5.33. The molecule has 0 aliphatic carbocycles. The molecule has 82 valence electrons. The van der Waals surface area contributed by atoms with E-state index < -0.39 is 0 Å². The summed E-state index contributed by atoms with van der Waals surface area (Å²) in [5.41, 5.74) is 1.47. The molecule has 1 aliphatic heterocycles. The Morgan fingerprint density at radius 3 is 2.50 bits per heavy atom. The predicted molar refractivity (Wildman–Crippen MR) is 64.8 cm³/mol. The van der Waals surface area contributed by atoms with E-state index in [2.05, 4.69) is 10.3 Å². The second-order valence-corrected chi connectivity index (χ2v) is 4.05. The van der Waals surface area contributed by atoms with Gasteiger partial charge in [0.15, 0.2) is 0 Å². The monoisotopic (exact) mass is 214 g/mol. The van der Waals surface area contributed by atoms with E-state index in [-0.39, 0.29) is 11.8 Å². The van der Waals surface area contributed by atoms with E-state index in [0.717, 1.165) is 11.4 Å². The molecule has 0 saturated heterocycles. The molecule has 1 amide bonds. The minimum atomic E-state index is -0.118. The second-order valence-electron chi connectivity index (χ2n) is 4.05. The second kappa shape index (κ2) is 4.31. The molecule has 1 heterocycles. The number of carbonyl (C=O) groups is 1. The van der Waals surface area contributed by atoms with Crippen molar-refractivity contribution in [1.82, 2.24) is 5.32 Å². The van der Waals surface area contributed by atoms with Crippen molar-refractivity contribution in [2.24, 2.45) is 10.9 Å². The van der Waals surface area contributed by atoms with Crippen molar-refractivity contribution >= 4 is 17.8 Å². The lowest BCUT2D eigenvalue weighted by atomic mass is 10.2. The fourth-order valence-corrected chi connectivity index (χ4v) is 1.47. The SMILES string of the molecule is CC(C)C1=N/C(=C/c2ccccc2)C(=O)N1. The van der Waals surface area contributed by atoms with Crippen LogP contribution in [-0.4, -0.2) is 11.7 Å². The lowest BCUT2D eigenvalue weighted by Crippen LogP contribution is -2.27. The zero-order valence-corrected chi connectivity index (χ0v) is 9.40. The Hall–Kier alpha value is -1.90. The molecule has 0 radical (unpaired) electrons. The molecule has 1 aromatic carbocycles. The molecule has 0 atom stereocenters. The third-order valence-electron chi connectivity index (χ3n) is 2.36. The van der Waals surface area contributed by atoms with Gasteiger partial charge in [0.2, 0.25) is 0 Å². The Kier molecular flexibility index (Phi) is 2.86. The van der Waals surface area contributed by atoms with Gasteiger partial charge in [-0.25, -0.2) is 4.99 Å². The van der Waals surface area contributed by atoms with Gasteiger partial charge in [-0.3, -0.25) is 4.79 Å². The molecule has 1 aromatic rings. The van der Waals surface area contributed by atoms with Gasteiger partial charge in [-0.15, -0.1) is 0 Å². The topological polar surface area (TPSA) is 41.5 Å². The first-order valence-corrected chi connectivity index (χ1v) is 5.33. The van der Waals surface area contributed by atoms with Gasteiger partial charge in [0.25, 0.3) is 5.91 Å². The highest BCUT2D eigenvalue weighted by Gasteiger charge is 2.21. The number of hydrogen-bond donors (Lipinski definition) is 1. The van der Waals surface area contributed by atoms with Crippen molar-refractivity contribution in [3.05, 3.63) is 41.6 Å². The summed E-state index contributed by atoms with van der Waals surface area (Å²) in [6.07, 6.45) is 1.80. The minimum absolute atomic E-state index is 0.118. The van der Waals surface area contributed by atoms with Gasteiger partial charge in [0.05, 0.1) is 0 Å². The maximum atomic E-state index is 11.6. The summed E-state index contributed by atoms with van der Waals surface area (Å²) >= 11 is 0. The predicted octanol–water partition coefficient (Wildman–Crippen LogP) is 2.21. The van der Waals surface area contributed by atoms with Crippen molar-refractivity contribution in [3.8, 4) is 0 Å². The summed E-state index contributed by atoms with van der Waals surface area (Å²) in [5, 5.41) is 2.77. The highest BCUT2D eigenvalue weighted by Crippen LogP contribution is 2.14. The number of hydrogen-bond acceptors (Lipinski definition) is 2. The number of benzene rings is 1. The van der Waals surface area contributed by atoms with Crippen molar-refractivity contribution in [1.29, 1.82) is 0 Å². The standard InChI is InChI=1S/C13H14N2O/c1-9(2)12-14-11(13(16)15-12)8-10-6-4-3-5-7-10/h3-9H,1-2H3,(H,14,15,16)/b11-8+. The lowest BCUT2D eigenvalue weighted by Gasteiger charge is -2.01. The van der Waals surface area contributed by atoms with E-state index in [1.54, 1.807) is 6.08 Å². The van der Waals surface area contributed by atoms with Crippen LogP contribution in [0.2, 0.25) is 0 Å². The van der Waals surface area contributed by atoms with Gasteiger partial charge in [0.1, 0.15) is 11.5 Å². The van der Waals surface area contributed by atoms with Crippen LogP contribution >= 0.6 is 0 Å². The first-order chi connectivity index (χ1) is 7.66. The molecule has 1 N–H and O–H groups in total. The quantitative estimate of drug-likeness (QED) is 0.753. The zero-order chi connectivity index (χ0) is 11.5. The largest absolute Gasteiger partial charge is 0.308 e. The third-order valence-corrected chi connectivity index (χ3v) is 2.36. The van der Waals surface area contributed by atoms with Gasteiger partial charge < -0.3 is 5.32 Å². The molecule has 0 bridgehead atoms. The average molecular weight is 214 g/mol. The molecule has 1 aliphatic rings. The van der Waals surface area contributed by atoms with Gasteiger partial charge in [-0.2, -0.15) is 0 Å². The average Bonchev–Trinajstić information content (AvgIpc) is 2.62. The van der Waals surface area contributed by atoms with Crippen LogP contribution in [0, 0.1) is 5.92 Å². The van der Waals surface area contributed by atoms with Crippen LogP contribution < -0.4 is 5.32 Å². The van der Waals surface area contributed by atoms with E-state index in [1.165, 1.54) is 0 Å². The molecular weight excluding hydrogens is 200 g/mol. The summed E-state index contributed by atoms with van der Waals surface area (Å²) in [6, 6.07) is 9.71. The third kappa shape index (κ3) is 2.19. The Morgan fingerprint density at radius 2 is 1.94 bits per heavy atom. The number of aliphatic imine (C=N–C) groups is 1. The fraction of sp³-hybridized carbons (Fsp3) is 0.231. The first kappa shape index (κ1) is 10.6. The minimum Gasteiger partial charge on any atom is -0.308 e. The highest BCUT2D eigenvalue weighted by atomic mass is 16.2. The van der Waals surface area contributed by atoms with Crippen molar-refractivity contribution in [3.63, 3.8) is 0 Å². The molecule has 3 heteroatoms. The van der Waals surface area contributed by atoms with Gasteiger partial charge in [-0.1, -0.05) is 44.2 Å². The van der Waals surface area contributed by atoms with E-state index in [4.69, 9.17) is 0 Å². The number of rotatable bonds is 2. The summed E-state index contributed by atoms with van der Waals surface area (Å²) < 4.78 is 0. The number of amidine groups is 1. The highest BCUT2D eigenvalue weighted by molar-refractivity contribution is 6.14. The molecule has 0 unspecified atom stereocenters. The van der Waals surface area contributed by atoms with Crippen LogP contribution in [0.25, 0.3) is 6.08 Å². The van der Waals surface area contributed by atoms with E-state index in [0.29, 0.717) is 5.70 Å². The molecule has 16 heavy (non-hydrogen) atoms. The Morgan fingerprint density at radius 1 is 1.25 bits per heavy atom. The molecule has 2 rings (SSSR count). The molecule has 0 aromatic heterocycles. The molecule has 0 fully saturated rings. The number of nitrogens with zero attached hydrogens (tertiary/aromatic N) is 1. The van der Waals surface area contributed by atoms with Crippen LogP contribution in [0.1, 0.15) is 19.4 Å². The smallest absolute Gasteiger partial charge is 0.275 e. The molecule has 0 saturated carbocycles. The molecular formula is C13H14N2O. The van der Waals surface area contributed by atoms with Crippen LogP contribution in [0.4, 0.5) is 0 Å². The van der Waals surface area contributed by atoms with E-state index in [1.807, 2.05) is 44.2 Å².